The molecule has 0 unspecified atom stereocenters. The molecule has 0 fully saturated rings. The van der Waals surface area contributed by atoms with Crippen molar-refractivity contribution in [2.75, 3.05) is 38.0 Å². The standard InChI is InChI=1S/C24H26N4/c1-27(2)23-13-7-19(8-14-23)5-11-21-17-26-22(18-25-21)12-6-20-9-15-24(16-10-20)28(3)4/h5-18H,1-4H3/b11-5+,12-6+. The van der Waals surface area contributed by atoms with Gasteiger partial charge >= 0.3 is 0 Å². The second kappa shape index (κ2) is 9.00. The zero-order valence-corrected chi connectivity index (χ0v) is 16.9. The van der Waals surface area contributed by atoms with Crippen molar-refractivity contribution < 1.29 is 0 Å². The first-order chi connectivity index (χ1) is 13.5. The molecule has 0 amide bonds. The largest absolute Gasteiger partial charge is 0.378 e. The third kappa shape index (κ3) is 5.30. The van der Waals surface area contributed by atoms with Gasteiger partial charge in [0.2, 0.25) is 0 Å². The Balaban J connectivity index is 1.62. The van der Waals surface area contributed by atoms with Crippen molar-refractivity contribution in [1.82, 2.24) is 9.97 Å². The van der Waals surface area contributed by atoms with Gasteiger partial charge < -0.3 is 9.80 Å². The van der Waals surface area contributed by atoms with Crippen LogP contribution in [0.25, 0.3) is 24.3 Å². The molecule has 4 heteroatoms. The van der Waals surface area contributed by atoms with Crippen molar-refractivity contribution in [2.24, 2.45) is 0 Å². The second-order valence-electron chi connectivity index (χ2n) is 7.00. The summed E-state index contributed by atoms with van der Waals surface area (Å²) in [6.07, 6.45) is 11.6. The van der Waals surface area contributed by atoms with Gasteiger partial charge in [-0.25, -0.2) is 0 Å². The summed E-state index contributed by atoms with van der Waals surface area (Å²) < 4.78 is 0. The summed E-state index contributed by atoms with van der Waals surface area (Å²) in [6.45, 7) is 0. The normalized spacial score (nSPS) is 11.3. The molecule has 0 radical (unpaired) electrons. The molecule has 0 bridgehead atoms. The van der Waals surface area contributed by atoms with Crippen molar-refractivity contribution in [3.05, 3.63) is 83.4 Å². The average molecular weight is 371 g/mol. The molecule has 4 nitrogen and oxygen atoms in total. The number of hydrogen-bond acceptors (Lipinski definition) is 4. The fourth-order valence-corrected chi connectivity index (χ4v) is 2.65. The summed E-state index contributed by atoms with van der Waals surface area (Å²) in [6, 6.07) is 16.8. The third-order valence-electron chi connectivity index (χ3n) is 4.40. The van der Waals surface area contributed by atoms with E-state index in [1.54, 1.807) is 12.4 Å². The van der Waals surface area contributed by atoms with E-state index in [-0.39, 0.29) is 0 Å². The van der Waals surface area contributed by atoms with Gasteiger partial charge in [0.1, 0.15) is 0 Å². The predicted octanol–water partition coefficient (Wildman–Crippen LogP) is 4.95. The van der Waals surface area contributed by atoms with Gasteiger partial charge in [-0.3, -0.25) is 9.97 Å². The van der Waals surface area contributed by atoms with Crippen LogP contribution < -0.4 is 9.80 Å². The fourth-order valence-electron chi connectivity index (χ4n) is 2.65. The van der Waals surface area contributed by atoms with Gasteiger partial charge in [-0.2, -0.15) is 0 Å². The highest BCUT2D eigenvalue weighted by molar-refractivity contribution is 5.71. The van der Waals surface area contributed by atoms with E-state index in [9.17, 15) is 0 Å². The lowest BCUT2D eigenvalue weighted by Gasteiger charge is -2.11. The minimum absolute atomic E-state index is 0.837. The molecule has 0 spiro atoms. The minimum atomic E-state index is 0.837. The molecule has 0 aliphatic rings. The smallest absolute Gasteiger partial charge is 0.0813 e. The first-order valence-electron chi connectivity index (χ1n) is 9.24. The molecule has 1 heterocycles. The van der Waals surface area contributed by atoms with Crippen LogP contribution in [0.1, 0.15) is 22.5 Å². The Kier molecular flexibility index (Phi) is 6.22. The average Bonchev–Trinajstić information content (AvgIpc) is 2.72. The SMILES string of the molecule is CN(C)c1ccc(/C=C/c2cnc(/C=C/c3ccc(N(C)C)cc3)cn2)cc1. The lowest BCUT2D eigenvalue weighted by atomic mass is 10.1. The minimum Gasteiger partial charge on any atom is -0.378 e. The summed E-state index contributed by atoms with van der Waals surface area (Å²) in [5.41, 5.74) is 6.32. The van der Waals surface area contributed by atoms with Gasteiger partial charge in [-0.05, 0) is 47.5 Å². The zero-order valence-electron chi connectivity index (χ0n) is 16.9. The number of nitrogens with zero attached hydrogens (tertiary/aromatic N) is 4. The molecule has 0 saturated heterocycles. The van der Waals surface area contributed by atoms with Crippen molar-refractivity contribution in [3.8, 4) is 0 Å². The van der Waals surface area contributed by atoms with E-state index in [2.05, 4.69) is 68.3 Å². The van der Waals surface area contributed by atoms with Gasteiger partial charge in [0.15, 0.2) is 0 Å². The van der Waals surface area contributed by atoms with Crippen molar-refractivity contribution in [1.29, 1.82) is 0 Å². The maximum Gasteiger partial charge on any atom is 0.0813 e. The fraction of sp³-hybridized carbons (Fsp3) is 0.167. The molecular formula is C24H26N4. The van der Waals surface area contributed by atoms with Crippen molar-refractivity contribution in [2.45, 2.75) is 0 Å². The molecule has 2 aromatic carbocycles. The molecule has 0 aliphatic heterocycles. The van der Waals surface area contributed by atoms with E-state index >= 15 is 0 Å². The van der Waals surface area contributed by atoms with Crippen LogP contribution in [0, 0.1) is 0 Å². The van der Waals surface area contributed by atoms with E-state index in [1.165, 1.54) is 11.4 Å². The number of benzene rings is 2. The Morgan fingerprint density at radius 3 is 1.18 bits per heavy atom. The van der Waals surface area contributed by atoms with Crippen LogP contribution in [0.2, 0.25) is 0 Å². The number of rotatable bonds is 6. The summed E-state index contributed by atoms with van der Waals surface area (Å²) in [7, 11) is 8.15. The monoisotopic (exact) mass is 370 g/mol. The Morgan fingerprint density at radius 1 is 0.536 bits per heavy atom. The molecular weight excluding hydrogens is 344 g/mol. The summed E-state index contributed by atoms with van der Waals surface area (Å²) in [5.74, 6) is 0. The molecule has 3 aromatic rings. The van der Waals surface area contributed by atoms with E-state index in [0.29, 0.717) is 0 Å². The topological polar surface area (TPSA) is 32.3 Å². The van der Waals surface area contributed by atoms with Crippen LogP contribution in [0.4, 0.5) is 11.4 Å². The molecule has 142 valence electrons. The van der Waals surface area contributed by atoms with Crippen molar-refractivity contribution in [3.63, 3.8) is 0 Å². The van der Waals surface area contributed by atoms with E-state index in [0.717, 1.165) is 22.5 Å². The van der Waals surface area contributed by atoms with E-state index < -0.39 is 0 Å². The highest BCUT2D eigenvalue weighted by Crippen LogP contribution is 2.15. The molecule has 0 atom stereocenters. The maximum absolute atomic E-state index is 4.47. The summed E-state index contributed by atoms with van der Waals surface area (Å²) in [4.78, 5) is 13.1. The van der Waals surface area contributed by atoms with Gasteiger partial charge in [-0.1, -0.05) is 36.4 Å². The van der Waals surface area contributed by atoms with Crippen LogP contribution >= 0.6 is 0 Å². The Morgan fingerprint density at radius 2 is 0.893 bits per heavy atom. The summed E-state index contributed by atoms with van der Waals surface area (Å²) in [5, 5.41) is 0. The zero-order chi connectivity index (χ0) is 19.9. The van der Waals surface area contributed by atoms with Crippen LogP contribution in [0.15, 0.2) is 60.9 Å². The van der Waals surface area contributed by atoms with E-state index in [1.807, 2.05) is 52.5 Å². The Labute approximate surface area is 167 Å². The number of aromatic nitrogens is 2. The quantitative estimate of drug-likeness (QED) is 0.615. The van der Waals surface area contributed by atoms with Crippen molar-refractivity contribution >= 4 is 35.7 Å². The molecule has 1 aromatic heterocycles. The first-order valence-corrected chi connectivity index (χ1v) is 9.24. The highest BCUT2D eigenvalue weighted by atomic mass is 15.1. The second-order valence-corrected chi connectivity index (χ2v) is 7.00. The maximum atomic E-state index is 4.47. The van der Waals surface area contributed by atoms with Gasteiger partial charge in [0.25, 0.3) is 0 Å². The van der Waals surface area contributed by atoms with Gasteiger partial charge in [-0.15, -0.1) is 0 Å². The van der Waals surface area contributed by atoms with E-state index in [4.69, 9.17) is 0 Å². The number of anilines is 2. The molecule has 3 rings (SSSR count). The molecule has 0 aliphatic carbocycles. The number of hydrogen-bond donors (Lipinski definition) is 0. The first kappa shape index (κ1) is 19.4. The van der Waals surface area contributed by atoms with Crippen LogP contribution in [-0.2, 0) is 0 Å². The lowest BCUT2D eigenvalue weighted by Crippen LogP contribution is -2.07. The third-order valence-corrected chi connectivity index (χ3v) is 4.40. The molecule has 0 N–H and O–H groups in total. The van der Waals surface area contributed by atoms with Crippen LogP contribution in [0.5, 0.6) is 0 Å². The van der Waals surface area contributed by atoms with Gasteiger partial charge in [0, 0.05) is 39.6 Å². The van der Waals surface area contributed by atoms with Gasteiger partial charge in [0.05, 0.1) is 23.8 Å². The molecule has 28 heavy (non-hydrogen) atoms. The highest BCUT2D eigenvalue weighted by Gasteiger charge is 1.96. The Hall–Kier alpha value is -3.40. The van der Waals surface area contributed by atoms with Crippen LogP contribution in [0.3, 0.4) is 0 Å². The van der Waals surface area contributed by atoms with Crippen LogP contribution in [-0.4, -0.2) is 38.2 Å². The summed E-state index contributed by atoms with van der Waals surface area (Å²) >= 11 is 0. The lowest BCUT2D eigenvalue weighted by molar-refractivity contribution is 1.13. The predicted molar refractivity (Wildman–Crippen MR) is 121 cm³/mol. The Bertz CT molecular complexity index is 855. The molecule has 0 saturated carbocycles.